The Balaban J connectivity index is 2.07. The maximum absolute atomic E-state index is 5.40. The van der Waals surface area contributed by atoms with Crippen LogP contribution in [0.5, 0.6) is 17.2 Å². The van der Waals surface area contributed by atoms with Crippen LogP contribution in [0.2, 0.25) is 0 Å². The molecule has 8 heteroatoms. The van der Waals surface area contributed by atoms with Crippen LogP contribution in [0.1, 0.15) is 5.56 Å². The van der Waals surface area contributed by atoms with Gasteiger partial charge in [0.1, 0.15) is 0 Å². The van der Waals surface area contributed by atoms with Crippen LogP contribution in [0.25, 0.3) is 11.4 Å². The van der Waals surface area contributed by atoms with Gasteiger partial charge in [0.15, 0.2) is 17.3 Å². The van der Waals surface area contributed by atoms with E-state index in [2.05, 4.69) is 27.9 Å². The molecule has 0 radical (unpaired) electrons. The average molecular weight is 370 g/mol. The quantitative estimate of drug-likeness (QED) is 0.533. The second-order valence-corrected chi connectivity index (χ2v) is 5.60. The minimum absolute atomic E-state index is 0.362. The Labute approximate surface area is 156 Å². The Morgan fingerprint density at radius 1 is 0.962 bits per heavy atom. The van der Waals surface area contributed by atoms with E-state index in [4.69, 9.17) is 14.2 Å². The van der Waals surface area contributed by atoms with Gasteiger partial charge in [0.05, 0.1) is 27.5 Å². The summed E-state index contributed by atoms with van der Waals surface area (Å²) in [6.07, 6.45) is 1.71. The molecular weight excluding hydrogens is 352 g/mol. The number of nitrogens with zero attached hydrogens (tertiary/aromatic N) is 4. The van der Waals surface area contributed by atoms with Crippen molar-refractivity contribution in [1.82, 2.24) is 14.9 Å². The lowest BCUT2D eigenvalue weighted by Crippen LogP contribution is -1.99. The molecule has 1 heterocycles. The lowest BCUT2D eigenvalue weighted by Gasteiger charge is -2.13. The molecule has 0 saturated carbocycles. The molecular formula is C18H18N4O3S. The molecule has 0 amide bonds. The van der Waals surface area contributed by atoms with Gasteiger partial charge in [-0.05, 0) is 17.7 Å². The van der Waals surface area contributed by atoms with Crippen molar-refractivity contribution in [2.75, 3.05) is 21.3 Å². The van der Waals surface area contributed by atoms with Crippen molar-refractivity contribution in [2.24, 2.45) is 5.10 Å². The summed E-state index contributed by atoms with van der Waals surface area (Å²) in [6, 6.07) is 13.3. The third-order valence-electron chi connectivity index (χ3n) is 3.67. The van der Waals surface area contributed by atoms with Crippen molar-refractivity contribution < 1.29 is 14.2 Å². The summed E-state index contributed by atoms with van der Waals surface area (Å²) in [5.41, 5.74) is 1.65. The Bertz CT molecular complexity index is 900. The number of thiol groups is 1. The van der Waals surface area contributed by atoms with Crippen LogP contribution in [0.3, 0.4) is 0 Å². The van der Waals surface area contributed by atoms with Crippen LogP contribution in [0.4, 0.5) is 0 Å². The molecule has 26 heavy (non-hydrogen) atoms. The first-order chi connectivity index (χ1) is 12.7. The second-order valence-electron chi connectivity index (χ2n) is 5.20. The molecule has 134 valence electrons. The summed E-state index contributed by atoms with van der Waals surface area (Å²) in [5.74, 6) is 2.04. The van der Waals surface area contributed by atoms with E-state index in [9.17, 15) is 0 Å². The minimum atomic E-state index is 0.362. The number of rotatable bonds is 6. The zero-order chi connectivity index (χ0) is 18.5. The molecule has 0 saturated heterocycles. The van der Waals surface area contributed by atoms with Gasteiger partial charge in [0, 0.05) is 5.56 Å². The molecule has 1 aromatic heterocycles. The summed E-state index contributed by atoms with van der Waals surface area (Å²) < 4.78 is 17.7. The van der Waals surface area contributed by atoms with Crippen molar-refractivity contribution in [2.45, 2.75) is 5.16 Å². The minimum Gasteiger partial charge on any atom is -0.493 e. The van der Waals surface area contributed by atoms with Crippen molar-refractivity contribution in [1.29, 1.82) is 0 Å². The summed E-state index contributed by atoms with van der Waals surface area (Å²) in [7, 11) is 4.67. The van der Waals surface area contributed by atoms with Crippen LogP contribution < -0.4 is 14.2 Å². The summed E-state index contributed by atoms with van der Waals surface area (Å²) >= 11 is 4.34. The highest BCUT2D eigenvalue weighted by Crippen LogP contribution is 2.41. The maximum atomic E-state index is 5.40. The molecule has 0 atom stereocenters. The highest BCUT2D eigenvalue weighted by atomic mass is 32.1. The van der Waals surface area contributed by atoms with E-state index in [0.29, 0.717) is 33.8 Å². The van der Waals surface area contributed by atoms with Crippen molar-refractivity contribution in [3.8, 4) is 28.6 Å². The zero-order valence-electron chi connectivity index (χ0n) is 14.6. The molecule has 0 aliphatic heterocycles. The largest absolute Gasteiger partial charge is 0.493 e. The van der Waals surface area contributed by atoms with Gasteiger partial charge in [0.25, 0.3) is 0 Å². The molecule has 0 aliphatic rings. The van der Waals surface area contributed by atoms with Crippen LogP contribution in [-0.2, 0) is 0 Å². The maximum Gasteiger partial charge on any atom is 0.209 e. The van der Waals surface area contributed by atoms with Crippen molar-refractivity contribution >= 4 is 18.8 Å². The molecule has 0 spiro atoms. The second kappa shape index (κ2) is 7.92. The van der Waals surface area contributed by atoms with Gasteiger partial charge in [0.2, 0.25) is 10.9 Å². The van der Waals surface area contributed by atoms with Gasteiger partial charge in [-0.3, -0.25) is 0 Å². The van der Waals surface area contributed by atoms with E-state index in [0.717, 1.165) is 5.56 Å². The summed E-state index contributed by atoms with van der Waals surface area (Å²) in [6.45, 7) is 0. The number of aromatic nitrogens is 3. The van der Waals surface area contributed by atoms with Crippen LogP contribution >= 0.6 is 12.6 Å². The van der Waals surface area contributed by atoms with E-state index in [1.165, 1.54) is 4.68 Å². The first kappa shape index (κ1) is 17.8. The van der Waals surface area contributed by atoms with Gasteiger partial charge in [-0.15, -0.1) is 22.8 Å². The van der Waals surface area contributed by atoms with E-state index < -0.39 is 0 Å². The Hall–Kier alpha value is -3.00. The van der Waals surface area contributed by atoms with Crippen LogP contribution in [0.15, 0.2) is 52.7 Å². The van der Waals surface area contributed by atoms with Crippen molar-refractivity contribution in [3.05, 3.63) is 48.0 Å². The standard InChI is InChI=1S/C18H18N4O3S/c1-23-14-9-13(10-15(24-2)16(14)25-3)17-20-21-18(26)22(17)19-11-12-7-5-4-6-8-12/h4-11H,1-3H3,(H,21,26)/b19-11+. The highest BCUT2D eigenvalue weighted by molar-refractivity contribution is 7.80. The number of hydrogen-bond donors (Lipinski definition) is 1. The number of hydrogen-bond acceptors (Lipinski definition) is 7. The lowest BCUT2D eigenvalue weighted by atomic mass is 10.1. The summed E-state index contributed by atoms with van der Waals surface area (Å²) in [4.78, 5) is 0. The number of benzene rings is 2. The first-order valence-corrected chi connectivity index (χ1v) is 8.16. The Kier molecular flexibility index (Phi) is 5.43. The zero-order valence-corrected chi connectivity index (χ0v) is 15.5. The lowest BCUT2D eigenvalue weighted by molar-refractivity contribution is 0.324. The first-order valence-electron chi connectivity index (χ1n) is 7.72. The molecule has 3 rings (SSSR count). The molecule has 3 aromatic rings. The van der Waals surface area contributed by atoms with Gasteiger partial charge in [-0.25, -0.2) is 0 Å². The average Bonchev–Trinajstić information content (AvgIpc) is 3.06. The van der Waals surface area contributed by atoms with E-state index in [1.807, 2.05) is 30.3 Å². The highest BCUT2D eigenvalue weighted by Gasteiger charge is 2.18. The monoisotopic (exact) mass is 370 g/mol. The third-order valence-corrected chi connectivity index (χ3v) is 3.95. The van der Waals surface area contributed by atoms with E-state index >= 15 is 0 Å². The Morgan fingerprint density at radius 2 is 1.62 bits per heavy atom. The van der Waals surface area contributed by atoms with Gasteiger partial charge < -0.3 is 14.2 Å². The van der Waals surface area contributed by atoms with E-state index in [1.54, 1.807) is 39.7 Å². The number of methoxy groups -OCH3 is 3. The van der Waals surface area contributed by atoms with Crippen LogP contribution in [-0.4, -0.2) is 42.4 Å². The van der Waals surface area contributed by atoms with Gasteiger partial charge >= 0.3 is 0 Å². The Morgan fingerprint density at radius 3 is 2.19 bits per heavy atom. The summed E-state index contributed by atoms with van der Waals surface area (Å²) in [5, 5.41) is 13.0. The topological polar surface area (TPSA) is 70.8 Å². The fourth-order valence-electron chi connectivity index (χ4n) is 2.43. The normalized spacial score (nSPS) is 10.9. The molecule has 0 fully saturated rings. The molecule has 7 nitrogen and oxygen atoms in total. The molecule has 0 N–H and O–H groups in total. The van der Waals surface area contributed by atoms with Gasteiger partial charge in [-0.2, -0.15) is 9.78 Å². The predicted molar refractivity (Wildman–Crippen MR) is 102 cm³/mol. The van der Waals surface area contributed by atoms with Gasteiger partial charge in [-0.1, -0.05) is 30.3 Å². The smallest absolute Gasteiger partial charge is 0.209 e. The fourth-order valence-corrected chi connectivity index (χ4v) is 2.62. The molecule has 0 unspecified atom stereocenters. The molecule has 0 aliphatic carbocycles. The fraction of sp³-hybridized carbons (Fsp3) is 0.167. The third kappa shape index (κ3) is 3.50. The van der Waals surface area contributed by atoms with Crippen molar-refractivity contribution in [3.63, 3.8) is 0 Å². The predicted octanol–water partition coefficient (Wildman–Crippen LogP) is 3.14. The van der Waals surface area contributed by atoms with E-state index in [-0.39, 0.29) is 0 Å². The molecule has 2 aromatic carbocycles. The SMILES string of the molecule is COc1cc(-c2nnc(S)n2/N=C/c2ccccc2)cc(OC)c1OC. The molecule has 0 bridgehead atoms. The number of ether oxygens (including phenoxy) is 3. The van der Waals surface area contributed by atoms with Crippen LogP contribution in [0, 0.1) is 0 Å².